The summed E-state index contributed by atoms with van der Waals surface area (Å²) in [6.45, 7) is 37.2. The molecule has 4 bridgehead atoms. The van der Waals surface area contributed by atoms with E-state index in [0.29, 0.717) is 54.1 Å². The minimum absolute atomic E-state index is 0. The summed E-state index contributed by atoms with van der Waals surface area (Å²) in [5, 5.41) is 9.01. The number of phenolic OH excluding ortho intramolecular Hbond substituents is 1. The standard InChI is InChI=1S/C19H28I2O5.C19H32O2.C14H26O2.C10H14O.8CH4/c1-8-19(5,6)18(22)25-11(3)13-10-14(20)17(23-7)15(21)16(13)26-12(4)24-9-2;1-6-18(4,5)17(20)21-19(12(2)3)15-8-13-7-14(10-15)11-16(19)9-13;1-6-13(4,5)12(15)16-14(11(2)3)9-7-8-10-14;1-3-8(2)9-4-6-10(11)7-5-9;;;;;;;;/h10-12H,8-9H2,1-7H3;12-16H,6-11H2,1-5H3;11H,6-10H2,1-5H3;4-8,11H,3H2,1-2H3;8*1H4. The average Bonchev–Trinajstić information content (AvgIpc) is 3.83. The van der Waals surface area contributed by atoms with Gasteiger partial charge in [0.1, 0.15) is 34.6 Å². The maximum atomic E-state index is 12.8. The van der Waals surface area contributed by atoms with Gasteiger partial charge in [0.15, 0.2) is 6.29 Å². The number of hydrogen-bond acceptors (Lipinski definition) is 10. The van der Waals surface area contributed by atoms with Crippen LogP contribution in [0.4, 0.5) is 0 Å². The molecule has 0 heterocycles. The Balaban J connectivity index is -0.000000235. The Morgan fingerprint density at radius 2 is 1.05 bits per heavy atom. The molecule has 0 aliphatic heterocycles. The molecule has 12 heteroatoms. The van der Waals surface area contributed by atoms with E-state index in [-0.39, 0.29) is 99.4 Å². The summed E-state index contributed by atoms with van der Waals surface area (Å²) in [6.07, 6.45) is 13.7. The molecule has 3 unspecified atom stereocenters. The van der Waals surface area contributed by atoms with Gasteiger partial charge < -0.3 is 33.5 Å². The lowest BCUT2D eigenvalue weighted by molar-refractivity contribution is -0.231. The van der Waals surface area contributed by atoms with Crippen molar-refractivity contribution in [2.75, 3.05) is 13.7 Å². The highest BCUT2D eigenvalue weighted by Gasteiger charge is 2.61. The van der Waals surface area contributed by atoms with Crippen molar-refractivity contribution >= 4 is 63.1 Å². The predicted octanol–water partition coefficient (Wildman–Crippen LogP) is 22.5. The molecule has 82 heavy (non-hydrogen) atoms. The zero-order chi connectivity index (χ0) is 56.1. The smallest absolute Gasteiger partial charge is 0.312 e. The van der Waals surface area contributed by atoms with Gasteiger partial charge in [0.05, 0.1) is 30.5 Å². The summed E-state index contributed by atoms with van der Waals surface area (Å²) < 4.78 is 36.8. The fourth-order valence-corrected chi connectivity index (χ4v) is 13.3. The molecule has 10 nitrogen and oxygen atoms in total. The third-order valence-corrected chi connectivity index (χ3v) is 19.3. The highest BCUT2D eigenvalue weighted by atomic mass is 127. The number of phenols is 1. The van der Waals surface area contributed by atoms with E-state index in [1.807, 2.05) is 94.4 Å². The molecular weight excluding hydrogens is 1250 g/mol. The summed E-state index contributed by atoms with van der Waals surface area (Å²) >= 11 is 4.41. The number of benzene rings is 2. The van der Waals surface area contributed by atoms with Crippen LogP contribution in [0.3, 0.4) is 0 Å². The Morgan fingerprint density at radius 3 is 1.43 bits per heavy atom. The van der Waals surface area contributed by atoms with E-state index < -0.39 is 17.8 Å². The van der Waals surface area contributed by atoms with Crippen molar-refractivity contribution in [2.45, 2.75) is 297 Å². The van der Waals surface area contributed by atoms with E-state index in [1.165, 1.54) is 50.5 Å². The van der Waals surface area contributed by atoms with Crippen molar-refractivity contribution < 1.29 is 47.9 Å². The SMILES string of the molecule is C.C.C.C.C.C.C.C.CCC(C)(C)C(=O)OC1(C(C)C)C2CC3CC(C2)CC1C3.CCC(C)(C)C(=O)OC1(C(C)C)CCCC1.CCC(C)c1ccc(O)cc1.CCOC(C)Oc1c(C(C)OC(=O)C(C)(C)CC)cc(I)c(OC)c1I. The summed E-state index contributed by atoms with van der Waals surface area (Å²) in [4.78, 5) is 37.4. The van der Waals surface area contributed by atoms with Gasteiger partial charge in [-0.2, -0.15) is 0 Å². The van der Waals surface area contributed by atoms with Crippen LogP contribution < -0.4 is 9.47 Å². The Labute approximate surface area is 535 Å². The number of aromatic hydroxyl groups is 1. The summed E-state index contributed by atoms with van der Waals surface area (Å²) in [5.41, 5.74) is 0.527. The van der Waals surface area contributed by atoms with Crippen molar-refractivity contribution in [2.24, 2.45) is 51.8 Å². The van der Waals surface area contributed by atoms with Gasteiger partial charge >= 0.3 is 17.9 Å². The summed E-state index contributed by atoms with van der Waals surface area (Å²) in [7, 11) is 1.63. The Hall–Kier alpha value is -2.33. The number of hydrogen-bond donors (Lipinski definition) is 1. The molecule has 0 radical (unpaired) electrons. The van der Waals surface area contributed by atoms with E-state index >= 15 is 0 Å². The van der Waals surface area contributed by atoms with Gasteiger partial charge in [-0.25, -0.2) is 0 Å². The van der Waals surface area contributed by atoms with E-state index in [4.69, 9.17) is 33.5 Å². The molecule has 5 aliphatic rings. The molecular formula is C70H132I2O10. The molecule has 5 fully saturated rings. The van der Waals surface area contributed by atoms with Gasteiger partial charge in [0.2, 0.25) is 0 Å². The first-order valence-corrected chi connectivity index (χ1v) is 30.4. The molecule has 1 N–H and O–H groups in total. The fraction of sp³-hybridized carbons (Fsp3) is 0.786. The van der Waals surface area contributed by atoms with Gasteiger partial charge in [-0.05, 0) is 256 Å². The number of esters is 3. The summed E-state index contributed by atoms with van der Waals surface area (Å²) in [5.74, 6) is 6.00. The molecule has 5 aliphatic carbocycles. The molecule has 2 aromatic carbocycles. The van der Waals surface area contributed by atoms with Gasteiger partial charge in [0, 0.05) is 12.2 Å². The van der Waals surface area contributed by atoms with Crippen LogP contribution in [-0.2, 0) is 33.3 Å². The number of methoxy groups -OCH3 is 1. The van der Waals surface area contributed by atoms with E-state index in [0.717, 1.165) is 62.4 Å². The normalized spacial score (nSPS) is 20.7. The van der Waals surface area contributed by atoms with Crippen molar-refractivity contribution in [3.05, 3.63) is 48.6 Å². The lowest BCUT2D eigenvalue weighted by Crippen LogP contribution is -2.63. The Morgan fingerprint density at radius 1 is 0.622 bits per heavy atom. The van der Waals surface area contributed by atoms with Crippen LogP contribution in [0.25, 0.3) is 0 Å². The number of rotatable bonds is 19. The summed E-state index contributed by atoms with van der Waals surface area (Å²) in [6, 6.07) is 9.36. The molecule has 486 valence electrons. The fourth-order valence-electron chi connectivity index (χ4n) is 11.0. The van der Waals surface area contributed by atoms with Crippen molar-refractivity contribution in [1.82, 2.24) is 0 Å². The highest BCUT2D eigenvalue weighted by molar-refractivity contribution is 14.1. The first kappa shape index (κ1) is 90.9. The molecule has 0 saturated heterocycles. The minimum atomic E-state index is -0.527. The number of halogens is 2. The van der Waals surface area contributed by atoms with Crippen LogP contribution in [-0.4, -0.2) is 54.2 Å². The van der Waals surface area contributed by atoms with E-state index in [9.17, 15) is 14.4 Å². The van der Waals surface area contributed by atoms with Crippen LogP contribution >= 0.6 is 45.2 Å². The van der Waals surface area contributed by atoms with Crippen LogP contribution in [0.5, 0.6) is 17.2 Å². The Bertz CT molecular complexity index is 2060. The first-order valence-electron chi connectivity index (χ1n) is 28.3. The van der Waals surface area contributed by atoms with Crippen LogP contribution in [0.2, 0.25) is 0 Å². The van der Waals surface area contributed by atoms with Crippen LogP contribution in [0.15, 0.2) is 30.3 Å². The zero-order valence-electron chi connectivity index (χ0n) is 49.4. The highest BCUT2D eigenvalue weighted by Crippen LogP contribution is 2.62. The molecule has 0 amide bonds. The minimum Gasteiger partial charge on any atom is -0.508 e. The molecule has 7 rings (SSSR count). The van der Waals surface area contributed by atoms with E-state index in [1.54, 1.807) is 19.2 Å². The number of carbonyl (C=O) groups is 3. The average molecular weight is 1390 g/mol. The Kier molecular flexibility index (Phi) is 43.7. The lowest BCUT2D eigenvalue weighted by atomic mass is 9.47. The first-order chi connectivity index (χ1) is 34.5. The van der Waals surface area contributed by atoms with Crippen LogP contribution in [0.1, 0.15) is 291 Å². The van der Waals surface area contributed by atoms with Crippen molar-refractivity contribution in [3.8, 4) is 17.2 Å². The van der Waals surface area contributed by atoms with E-state index in [2.05, 4.69) is 93.6 Å². The molecule has 5 saturated carbocycles. The third-order valence-electron chi connectivity index (χ3n) is 17.5. The largest absolute Gasteiger partial charge is 0.508 e. The second-order valence-electron chi connectivity index (χ2n) is 24.4. The zero-order valence-corrected chi connectivity index (χ0v) is 53.7. The van der Waals surface area contributed by atoms with Gasteiger partial charge in [-0.3, -0.25) is 14.4 Å². The quantitative estimate of drug-likeness (QED) is 0.0629. The van der Waals surface area contributed by atoms with Crippen LogP contribution in [0, 0.1) is 58.9 Å². The topological polar surface area (TPSA) is 127 Å². The second-order valence-corrected chi connectivity index (χ2v) is 26.7. The molecule has 3 atom stereocenters. The van der Waals surface area contributed by atoms with Crippen molar-refractivity contribution in [3.63, 3.8) is 0 Å². The molecule has 0 aromatic heterocycles. The number of ether oxygens (including phenoxy) is 6. The number of carbonyl (C=O) groups excluding carboxylic acids is 3. The maximum absolute atomic E-state index is 12.8. The van der Waals surface area contributed by atoms with Gasteiger partial charge in [0.25, 0.3) is 0 Å². The van der Waals surface area contributed by atoms with Gasteiger partial charge in [-0.1, -0.05) is 134 Å². The van der Waals surface area contributed by atoms with Crippen molar-refractivity contribution in [1.29, 1.82) is 0 Å². The lowest BCUT2D eigenvalue weighted by Gasteiger charge is -2.62. The monoisotopic (exact) mass is 1390 g/mol. The molecule has 0 spiro atoms. The maximum Gasteiger partial charge on any atom is 0.312 e. The predicted molar refractivity (Wildman–Crippen MR) is 370 cm³/mol. The van der Waals surface area contributed by atoms with Gasteiger partial charge in [-0.15, -0.1) is 0 Å². The molecule has 2 aromatic rings. The third kappa shape index (κ3) is 23.1. The second kappa shape index (κ2) is 39.5.